The molecule has 8 heteroatoms. The first-order valence-corrected chi connectivity index (χ1v) is 9.11. The van der Waals surface area contributed by atoms with E-state index in [4.69, 9.17) is 16.3 Å². The lowest BCUT2D eigenvalue weighted by Crippen LogP contribution is -2.55. The molecule has 7 nitrogen and oxygen atoms in total. The molecular weight excluding hydrogens is 366 g/mol. The highest BCUT2D eigenvalue weighted by Gasteiger charge is 2.50. The van der Waals surface area contributed by atoms with E-state index < -0.39 is 6.04 Å². The van der Waals surface area contributed by atoms with E-state index in [2.05, 4.69) is 21.6 Å². The quantitative estimate of drug-likeness (QED) is 0.649. The average Bonchev–Trinajstić information content (AvgIpc) is 3.36. The Kier molecular flexibility index (Phi) is 3.82. The fourth-order valence-electron chi connectivity index (χ4n) is 3.80. The molecule has 2 aromatic carbocycles. The number of likely N-dealkylation sites (tertiary alicyclic amines) is 1. The number of fused-ring (bicyclic) bond motifs is 1. The highest BCUT2D eigenvalue weighted by atomic mass is 35.5. The number of ether oxygens (including phenoxy) is 1. The average molecular weight is 382 g/mol. The molecule has 1 saturated heterocycles. The number of β-lactam (4-membered cyclic amide) rings is 1. The van der Waals surface area contributed by atoms with Crippen LogP contribution in [0.2, 0.25) is 5.02 Å². The number of nitrogens with zero attached hydrogens (tertiary/aromatic N) is 5. The third kappa shape index (κ3) is 2.75. The lowest BCUT2D eigenvalue weighted by molar-refractivity contribution is -0.157. The summed E-state index contributed by atoms with van der Waals surface area (Å²) in [5.74, 6) is 0.923. The minimum absolute atomic E-state index is 0.000927. The third-order valence-electron chi connectivity index (χ3n) is 5.14. The third-order valence-corrected chi connectivity index (χ3v) is 5.39. The highest BCUT2D eigenvalue weighted by Crippen LogP contribution is 2.45. The molecule has 27 heavy (non-hydrogen) atoms. The van der Waals surface area contributed by atoms with Gasteiger partial charge in [-0.05, 0) is 51.4 Å². The first-order chi connectivity index (χ1) is 13.2. The zero-order chi connectivity index (χ0) is 18.4. The molecule has 0 radical (unpaired) electrons. The van der Waals surface area contributed by atoms with Crippen molar-refractivity contribution in [3.05, 3.63) is 70.5 Å². The monoisotopic (exact) mass is 381 g/mol. The molecule has 0 spiro atoms. The summed E-state index contributed by atoms with van der Waals surface area (Å²) in [6, 6.07) is 13.1. The number of amides is 1. The van der Waals surface area contributed by atoms with Crippen LogP contribution in [-0.4, -0.2) is 37.6 Å². The molecule has 2 aliphatic rings. The van der Waals surface area contributed by atoms with Crippen LogP contribution in [0.3, 0.4) is 0 Å². The van der Waals surface area contributed by atoms with Crippen LogP contribution in [0.15, 0.2) is 48.8 Å². The first-order valence-electron chi connectivity index (χ1n) is 8.74. The van der Waals surface area contributed by atoms with E-state index in [1.165, 1.54) is 16.6 Å². The van der Waals surface area contributed by atoms with E-state index in [1.807, 2.05) is 41.3 Å². The number of hydrogen-bond acceptors (Lipinski definition) is 5. The number of rotatable bonds is 4. The predicted molar refractivity (Wildman–Crippen MR) is 97.2 cm³/mol. The number of benzene rings is 2. The number of hydrogen-bond donors (Lipinski definition) is 0. The van der Waals surface area contributed by atoms with Crippen LogP contribution >= 0.6 is 11.6 Å². The fourth-order valence-corrected chi connectivity index (χ4v) is 3.93. The van der Waals surface area contributed by atoms with Crippen molar-refractivity contribution in [2.24, 2.45) is 0 Å². The summed E-state index contributed by atoms with van der Waals surface area (Å²) in [4.78, 5) is 14.8. The zero-order valence-electron chi connectivity index (χ0n) is 14.3. The Morgan fingerprint density at radius 2 is 2.00 bits per heavy atom. The summed E-state index contributed by atoms with van der Waals surface area (Å²) >= 11 is 5.98. The first kappa shape index (κ1) is 16.3. The summed E-state index contributed by atoms with van der Waals surface area (Å²) in [5, 5.41) is 12.0. The van der Waals surface area contributed by atoms with Crippen LogP contribution in [-0.2, 0) is 17.8 Å². The van der Waals surface area contributed by atoms with Gasteiger partial charge in [0.25, 0.3) is 5.91 Å². The molecule has 3 aromatic rings. The van der Waals surface area contributed by atoms with Crippen molar-refractivity contribution in [2.45, 2.75) is 25.0 Å². The molecule has 1 aromatic heterocycles. The Bertz CT molecular complexity index is 990. The van der Waals surface area contributed by atoms with E-state index in [0.717, 1.165) is 23.3 Å². The molecule has 0 bridgehead atoms. The Labute approximate surface area is 160 Å². The fraction of sp³-hybridized carbons (Fsp3) is 0.263. The van der Waals surface area contributed by atoms with Gasteiger partial charge in [-0.3, -0.25) is 4.79 Å². The van der Waals surface area contributed by atoms with E-state index in [1.54, 1.807) is 0 Å². The lowest BCUT2D eigenvalue weighted by Gasteiger charge is -2.47. The van der Waals surface area contributed by atoms with Gasteiger partial charge < -0.3 is 9.64 Å². The van der Waals surface area contributed by atoms with Crippen LogP contribution < -0.4 is 4.74 Å². The number of halogens is 1. The van der Waals surface area contributed by atoms with Gasteiger partial charge in [0, 0.05) is 18.0 Å². The van der Waals surface area contributed by atoms with Gasteiger partial charge in [0.05, 0.1) is 12.6 Å². The van der Waals surface area contributed by atoms with Gasteiger partial charge in [0.2, 0.25) is 0 Å². The minimum Gasteiger partial charge on any atom is -0.493 e. The molecule has 0 N–H and O–H groups in total. The van der Waals surface area contributed by atoms with Crippen molar-refractivity contribution in [1.29, 1.82) is 0 Å². The minimum atomic E-state index is -0.437. The topological polar surface area (TPSA) is 73.1 Å². The van der Waals surface area contributed by atoms with Crippen molar-refractivity contribution in [3.63, 3.8) is 0 Å². The van der Waals surface area contributed by atoms with Gasteiger partial charge in [0.1, 0.15) is 12.1 Å². The van der Waals surface area contributed by atoms with E-state index in [-0.39, 0.29) is 11.9 Å². The molecular formula is C19H16ClN5O2. The molecule has 0 saturated carbocycles. The molecule has 1 amide bonds. The van der Waals surface area contributed by atoms with Gasteiger partial charge in [-0.25, -0.2) is 4.68 Å². The predicted octanol–water partition coefficient (Wildman–Crippen LogP) is 2.59. The van der Waals surface area contributed by atoms with Crippen LogP contribution in [0.4, 0.5) is 0 Å². The summed E-state index contributed by atoms with van der Waals surface area (Å²) in [7, 11) is 0. The van der Waals surface area contributed by atoms with Gasteiger partial charge in [-0.1, -0.05) is 29.8 Å². The number of carbonyl (C=O) groups excluding carboxylic acids is 1. The van der Waals surface area contributed by atoms with Crippen molar-refractivity contribution < 1.29 is 9.53 Å². The lowest BCUT2D eigenvalue weighted by atomic mass is 9.87. The SMILES string of the molecule is O=C1[C@H](n2cnnn2)[C@H](c2ccc3c(c2)CCO3)N1Cc1ccc(Cl)cc1. The van der Waals surface area contributed by atoms with Gasteiger partial charge in [0.15, 0.2) is 6.04 Å². The standard InChI is InChI=1S/C19H16ClN5O2/c20-15-4-1-12(2-5-15)10-24-17(18(19(24)26)25-11-21-22-23-25)14-3-6-16-13(9-14)7-8-27-16/h1-6,9,11,17-18H,7-8,10H2/t17-,18+/m0/s1. The van der Waals surface area contributed by atoms with E-state index >= 15 is 0 Å². The van der Waals surface area contributed by atoms with Gasteiger partial charge in [-0.2, -0.15) is 0 Å². The van der Waals surface area contributed by atoms with Crippen molar-refractivity contribution in [1.82, 2.24) is 25.1 Å². The molecule has 0 unspecified atom stereocenters. The Balaban J connectivity index is 1.50. The van der Waals surface area contributed by atoms with Crippen LogP contribution in [0.1, 0.15) is 28.8 Å². The summed E-state index contributed by atoms with van der Waals surface area (Å²) in [6.07, 6.45) is 2.38. The maximum absolute atomic E-state index is 12.9. The Hall–Kier alpha value is -2.93. The Morgan fingerprint density at radius 3 is 2.78 bits per heavy atom. The largest absolute Gasteiger partial charge is 0.493 e. The molecule has 0 aliphatic carbocycles. The molecule has 2 atom stereocenters. The Morgan fingerprint density at radius 1 is 1.15 bits per heavy atom. The van der Waals surface area contributed by atoms with Crippen LogP contribution in [0.5, 0.6) is 5.75 Å². The molecule has 5 rings (SSSR count). The maximum Gasteiger partial charge on any atom is 0.251 e. The number of aromatic nitrogens is 4. The summed E-state index contributed by atoms with van der Waals surface area (Å²) in [5.41, 5.74) is 3.26. The number of carbonyl (C=O) groups is 1. The van der Waals surface area contributed by atoms with E-state index in [0.29, 0.717) is 18.2 Å². The normalized spacial score (nSPS) is 20.9. The highest BCUT2D eigenvalue weighted by molar-refractivity contribution is 6.30. The van der Waals surface area contributed by atoms with Crippen molar-refractivity contribution >= 4 is 17.5 Å². The van der Waals surface area contributed by atoms with Crippen molar-refractivity contribution in [2.75, 3.05) is 6.61 Å². The zero-order valence-corrected chi connectivity index (χ0v) is 15.1. The number of tetrazole rings is 1. The molecule has 2 aliphatic heterocycles. The van der Waals surface area contributed by atoms with Crippen LogP contribution in [0.25, 0.3) is 0 Å². The summed E-state index contributed by atoms with van der Waals surface area (Å²) < 4.78 is 7.14. The van der Waals surface area contributed by atoms with Gasteiger partial charge >= 0.3 is 0 Å². The molecule has 3 heterocycles. The molecule has 1 fully saturated rings. The molecule has 136 valence electrons. The van der Waals surface area contributed by atoms with Crippen LogP contribution in [0, 0.1) is 0 Å². The van der Waals surface area contributed by atoms with E-state index in [9.17, 15) is 4.79 Å². The van der Waals surface area contributed by atoms with Crippen molar-refractivity contribution in [3.8, 4) is 5.75 Å². The second-order valence-corrected chi connectivity index (χ2v) is 7.17. The second kappa shape index (κ2) is 6.35. The maximum atomic E-state index is 12.9. The smallest absolute Gasteiger partial charge is 0.251 e. The van der Waals surface area contributed by atoms with Gasteiger partial charge in [-0.15, -0.1) is 5.10 Å². The second-order valence-electron chi connectivity index (χ2n) is 6.74. The summed E-state index contributed by atoms with van der Waals surface area (Å²) in [6.45, 7) is 1.21.